The first-order valence-corrected chi connectivity index (χ1v) is 7.97. The van der Waals surface area contributed by atoms with E-state index in [1.54, 1.807) is 23.1 Å². The van der Waals surface area contributed by atoms with E-state index < -0.39 is 23.2 Å². The molecule has 1 amide bonds. The first-order valence-electron chi connectivity index (χ1n) is 6.90. The van der Waals surface area contributed by atoms with Gasteiger partial charge in [0.15, 0.2) is 0 Å². The van der Waals surface area contributed by atoms with Crippen LogP contribution in [0.15, 0.2) is 30.6 Å². The van der Waals surface area contributed by atoms with Gasteiger partial charge in [-0.05, 0) is 53.6 Å². The minimum Gasteiger partial charge on any atom is -0.323 e. The van der Waals surface area contributed by atoms with Crippen LogP contribution in [-0.4, -0.2) is 15.7 Å². The van der Waals surface area contributed by atoms with Gasteiger partial charge >= 0.3 is 6.18 Å². The Morgan fingerprint density at radius 3 is 2.62 bits per heavy atom. The Hall–Kier alpha value is -2.09. The number of rotatable bonds is 3. The van der Waals surface area contributed by atoms with Gasteiger partial charge in [-0.25, -0.2) is 0 Å². The highest BCUT2D eigenvalue weighted by Gasteiger charge is 2.52. The molecule has 0 saturated heterocycles. The summed E-state index contributed by atoms with van der Waals surface area (Å²) in [5.41, 5.74) is -1.94. The number of halogens is 4. The molecule has 124 valence electrons. The molecule has 1 aromatic heterocycles. The second-order valence-electron chi connectivity index (χ2n) is 5.46. The predicted molar refractivity (Wildman–Crippen MR) is 86.9 cm³/mol. The van der Waals surface area contributed by atoms with E-state index in [1.165, 1.54) is 0 Å². The minimum atomic E-state index is -4.54. The normalized spacial score (nSPS) is 15.6. The molecule has 0 atom stereocenters. The summed E-state index contributed by atoms with van der Waals surface area (Å²) in [6, 6.07) is 4.36. The molecule has 1 fully saturated rings. The zero-order valence-electron chi connectivity index (χ0n) is 12.1. The van der Waals surface area contributed by atoms with Gasteiger partial charge in [0, 0.05) is 6.20 Å². The SMILES string of the molecule is N#Cc1cc(C(F)(F)F)ccc1NC(=O)C1(n2cc(I)cn2)CC1. The monoisotopic (exact) mass is 446 g/mol. The molecule has 9 heteroatoms. The van der Waals surface area contributed by atoms with Crippen molar-refractivity contribution in [3.8, 4) is 6.07 Å². The van der Waals surface area contributed by atoms with Crippen molar-refractivity contribution in [1.82, 2.24) is 9.78 Å². The number of nitriles is 1. The number of alkyl halides is 3. The molecule has 1 aliphatic carbocycles. The number of aromatic nitrogens is 2. The smallest absolute Gasteiger partial charge is 0.323 e. The van der Waals surface area contributed by atoms with Crippen LogP contribution in [0.1, 0.15) is 24.0 Å². The van der Waals surface area contributed by atoms with E-state index in [-0.39, 0.29) is 11.3 Å². The molecule has 0 unspecified atom stereocenters. The van der Waals surface area contributed by atoms with E-state index in [0.29, 0.717) is 12.8 Å². The van der Waals surface area contributed by atoms with Crippen LogP contribution in [0.4, 0.5) is 18.9 Å². The van der Waals surface area contributed by atoms with Crippen LogP contribution in [0.3, 0.4) is 0 Å². The maximum atomic E-state index is 12.7. The first-order chi connectivity index (χ1) is 11.3. The molecule has 3 rings (SSSR count). The predicted octanol–water partition coefficient (Wildman–Crippen LogP) is 3.51. The quantitative estimate of drug-likeness (QED) is 0.734. The van der Waals surface area contributed by atoms with Gasteiger partial charge in [-0.3, -0.25) is 9.48 Å². The fourth-order valence-corrected chi connectivity index (χ4v) is 2.76. The van der Waals surface area contributed by atoms with Crippen molar-refractivity contribution >= 4 is 34.2 Å². The van der Waals surface area contributed by atoms with E-state index >= 15 is 0 Å². The number of benzene rings is 1. The van der Waals surface area contributed by atoms with Crippen molar-refractivity contribution in [3.63, 3.8) is 0 Å². The molecule has 0 radical (unpaired) electrons. The molecule has 2 aromatic rings. The zero-order chi connectivity index (χ0) is 17.5. The molecule has 1 aliphatic rings. The van der Waals surface area contributed by atoms with Gasteiger partial charge in [0.1, 0.15) is 11.6 Å². The third-order valence-corrected chi connectivity index (χ3v) is 4.41. The van der Waals surface area contributed by atoms with Crippen LogP contribution in [0.5, 0.6) is 0 Å². The zero-order valence-corrected chi connectivity index (χ0v) is 14.2. The molecule has 1 saturated carbocycles. The van der Waals surface area contributed by atoms with E-state index in [0.717, 1.165) is 21.8 Å². The van der Waals surface area contributed by atoms with Crippen molar-refractivity contribution in [2.24, 2.45) is 0 Å². The van der Waals surface area contributed by atoms with Gasteiger partial charge in [0.2, 0.25) is 0 Å². The molecule has 0 spiro atoms. The van der Waals surface area contributed by atoms with Crippen molar-refractivity contribution in [3.05, 3.63) is 45.3 Å². The largest absolute Gasteiger partial charge is 0.416 e. The lowest BCUT2D eigenvalue weighted by Crippen LogP contribution is -2.34. The van der Waals surface area contributed by atoms with Crippen molar-refractivity contribution in [1.29, 1.82) is 5.26 Å². The van der Waals surface area contributed by atoms with Gasteiger partial charge in [0.25, 0.3) is 5.91 Å². The number of nitrogens with zero attached hydrogens (tertiary/aromatic N) is 3. The fourth-order valence-electron chi connectivity index (χ4n) is 2.37. The number of carbonyl (C=O) groups is 1. The van der Waals surface area contributed by atoms with Gasteiger partial charge in [-0.15, -0.1) is 0 Å². The molecule has 1 N–H and O–H groups in total. The highest BCUT2D eigenvalue weighted by Crippen LogP contribution is 2.44. The lowest BCUT2D eigenvalue weighted by molar-refractivity contribution is -0.137. The average molecular weight is 446 g/mol. The number of hydrogen-bond donors (Lipinski definition) is 1. The van der Waals surface area contributed by atoms with Gasteiger partial charge in [-0.1, -0.05) is 0 Å². The average Bonchev–Trinajstić information content (AvgIpc) is 3.22. The number of amides is 1. The van der Waals surface area contributed by atoms with E-state index in [1.807, 2.05) is 0 Å². The van der Waals surface area contributed by atoms with Gasteiger partial charge < -0.3 is 5.32 Å². The maximum Gasteiger partial charge on any atom is 0.416 e. The second kappa shape index (κ2) is 5.77. The Kier molecular flexibility index (Phi) is 4.03. The Bertz CT molecular complexity index is 849. The molecule has 0 aliphatic heterocycles. The standard InChI is InChI=1S/C15H10F3IN4O/c16-15(17,18)10-1-2-12(9(5-10)6-20)22-13(24)14(3-4-14)23-8-11(19)7-21-23/h1-2,5,7-8H,3-4H2,(H,22,24). The van der Waals surface area contributed by atoms with Crippen LogP contribution < -0.4 is 5.32 Å². The fraction of sp³-hybridized carbons (Fsp3) is 0.267. The Morgan fingerprint density at radius 1 is 1.42 bits per heavy atom. The summed E-state index contributed by atoms with van der Waals surface area (Å²) in [4.78, 5) is 12.6. The lowest BCUT2D eigenvalue weighted by Gasteiger charge is -2.17. The molecular formula is C15H10F3IN4O. The third kappa shape index (κ3) is 2.98. The summed E-state index contributed by atoms with van der Waals surface area (Å²) in [5.74, 6) is -0.391. The van der Waals surface area contributed by atoms with E-state index in [4.69, 9.17) is 5.26 Å². The Balaban J connectivity index is 1.86. The van der Waals surface area contributed by atoms with E-state index in [9.17, 15) is 18.0 Å². The Morgan fingerprint density at radius 2 is 2.12 bits per heavy atom. The Labute approximate surface area is 148 Å². The van der Waals surface area contributed by atoms with Gasteiger partial charge in [-0.2, -0.15) is 23.5 Å². The highest BCUT2D eigenvalue weighted by atomic mass is 127. The summed E-state index contributed by atoms with van der Waals surface area (Å²) in [5, 5.41) is 15.8. The van der Waals surface area contributed by atoms with Crippen LogP contribution in [0.25, 0.3) is 0 Å². The summed E-state index contributed by atoms with van der Waals surface area (Å²) < 4.78 is 40.6. The summed E-state index contributed by atoms with van der Waals surface area (Å²) in [6.45, 7) is 0. The number of anilines is 1. The maximum absolute atomic E-state index is 12.7. The first kappa shape index (κ1) is 16.8. The van der Waals surface area contributed by atoms with Crippen molar-refractivity contribution < 1.29 is 18.0 Å². The van der Waals surface area contributed by atoms with Crippen LogP contribution in [-0.2, 0) is 16.5 Å². The van der Waals surface area contributed by atoms with Gasteiger partial charge in [0.05, 0.1) is 26.6 Å². The minimum absolute atomic E-state index is 0.0589. The summed E-state index contributed by atoms with van der Waals surface area (Å²) in [6.07, 6.45) is -0.0341. The molecule has 0 bridgehead atoms. The van der Waals surface area contributed by atoms with Crippen LogP contribution in [0, 0.1) is 14.9 Å². The van der Waals surface area contributed by atoms with Crippen molar-refractivity contribution in [2.45, 2.75) is 24.6 Å². The topological polar surface area (TPSA) is 70.7 Å². The molecule has 1 heterocycles. The number of carbonyl (C=O) groups excluding carboxylic acids is 1. The van der Waals surface area contributed by atoms with Crippen LogP contribution in [0.2, 0.25) is 0 Å². The van der Waals surface area contributed by atoms with Crippen molar-refractivity contribution in [2.75, 3.05) is 5.32 Å². The third-order valence-electron chi connectivity index (χ3n) is 3.85. The molecule has 24 heavy (non-hydrogen) atoms. The lowest BCUT2D eigenvalue weighted by atomic mass is 10.1. The molecular weight excluding hydrogens is 436 g/mol. The summed E-state index contributed by atoms with van der Waals surface area (Å²) in [7, 11) is 0. The van der Waals surface area contributed by atoms with Crippen LogP contribution >= 0.6 is 22.6 Å². The number of hydrogen-bond acceptors (Lipinski definition) is 3. The van der Waals surface area contributed by atoms with E-state index in [2.05, 4.69) is 33.0 Å². The molecule has 5 nitrogen and oxygen atoms in total. The highest BCUT2D eigenvalue weighted by molar-refractivity contribution is 14.1. The summed E-state index contributed by atoms with van der Waals surface area (Å²) >= 11 is 2.07. The second-order valence-corrected chi connectivity index (χ2v) is 6.70. The molecule has 1 aromatic carbocycles. The number of nitrogens with one attached hydrogen (secondary N) is 1.